The van der Waals surface area contributed by atoms with Gasteiger partial charge in [-0.15, -0.1) is 0 Å². The van der Waals surface area contributed by atoms with Crippen LogP contribution in [-0.4, -0.2) is 36.5 Å². The van der Waals surface area contributed by atoms with E-state index in [0.29, 0.717) is 11.4 Å². The van der Waals surface area contributed by atoms with Crippen molar-refractivity contribution >= 4 is 51.2 Å². The van der Waals surface area contributed by atoms with Crippen LogP contribution in [-0.2, 0) is 9.59 Å². The molecule has 2 heterocycles. The van der Waals surface area contributed by atoms with Crippen LogP contribution in [0.25, 0.3) is 11.8 Å². The first kappa shape index (κ1) is 21.6. The van der Waals surface area contributed by atoms with E-state index in [1.165, 1.54) is 6.08 Å². The van der Waals surface area contributed by atoms with Crippen molar-refractivity contribution in [3.8, 4) is 5.69 Å². The van der Waals surface area contributed by atoms with Crippen LogP contribution in [0.2, 0.25) is 0 Å². The van der Waals surface area contributed by atoms with E-state index < -0.39 is 17.8 Å². The van der Waals surface area contributed by atoms with Gasteiger partial charge in [0.05, 0.1) is 5.69 Å². The normalized spacial score (nSPS) is 15.3. The number of halogens is 1. The van der Waals surface area contributed by atoms with Gasteiger partial charge in [-0.05, 0) is 73.2 Å². The number of carbonyl (C=O) groups is 3. The molecule has 7 nitrogen and oxygen atoms in total. The second kappa shape index (κ2) is 8.47. The summed E-state index contributed by atoms with van der Waals surface area (Å²) in [5.41, 5.74) is 3.61. The van der Waals surface area contributed by atoms with Crippen molar-refractivity contribution in [2.24, 2.45) is 0 Å². The van der Waals surface area contributed by atoms with Gasteiger partial charge < -0.3 is 9.47 Å². The van der Waals surface area contributed by atoms with Crippen molar-refractivity contribution in [1.29, 1.82) is 0 Å². The Kier molecular flexibility index (Phi) is 5.71. The predicted molar refractivity (Wildman–Crippen MR) is 128 cm³/mol. The van der Waals surface area contributed by atoms with E-state index in [0.717, 1.165) is 26.3 Å². The molecule has 1 aliphatic rings. The molecule has 0 aliphatic carbocycles. The number of amides is 4. The minimum atomic E-state index is -0.766. The van der Waals surface area contributed by atoms with Crippen LogP contribution >= 0.6 is 15.9 Å². The summed E-state index contributed by atoms with van der Waals surface area (Å²) in [4.78, 5) is 41.3. The number of rotatable bonds is 4. The van der Waals surface area contributed by atoms with E-state index >= 15 is 0 Å². The summed E-state index contributed by atoms with van der Waals surface area (Å²) in [7, 11) is 3.93. The molecular weight excluding hydrogens is 472 g/mol. The quantitative estimate of drug-likeness (QED) is 0.435. The van der Waals surface area contributed by atoms with Gasteiger partial charge in [-0.25, -0.2) is 9.69 Å². The molecular formula is C24H21BrN4O3. The molecule has 0 radical (unpaired) electrons. The molecule has 1 N–H and O–H groups in total. The zero-order chi connectivity index (χ0) is 23.0. The van der Waals surface area contributed by atoms with Crippen molar-refractivity contribution in [2.45, 2.75) is 6.92 Å². The van der Waals surface area contributed by atoms with Gasteiger partial charge in [-0.3, -0.25) is 14.9 Å². The van der Waals surface area contributed by atoms with Crippen LogP contribution in [0.3, 0.4) is 0 Å². The topological polar surface area (TPSA) is 74.7 Å². The standard InChI is InChI=1S/C24H21BrN4O3/c1-15-13-16(25)6-11-21(15)29-23(31)20(22(30)26-24(29)32)14-19-5-4-12-28(19)18-9-7-17(8-10-18)27(2)3/h4-14H,1-3H3,(H,26,30,32)/b20-14+. The molecule has 0 bridgehead atoms. The van der Waals surface area contributed by atoms with Crippen LogP contribution in [0.5, 0.6) is 0 Å². The van der Waals surface area contributed by atoms with Gasteiger partial charge in [0.1, 0.15) is 5.57 Å². The lowest BCUT2D eigenvalue weighted by molar-refractivity contribution is -0.122. The molecule has 0 saturated carbocycles. The Morgan fingerprint density at radius 1 is 1.00 bits per heavy atom. The summed E-state index contributed by atoms with van der Waals surface area (Å²) in [6.45, 7) is 1.79. The molecule has 3 aromatic rings. The molecule has 32 heavy (non-hydrogen) atoms. The molecule has 4 rings (SSSR count). The average Bonchev–Trinajstić information content (AvgIpc) is 3.21. The average molecular weight is 493 g/mol. The Morgan fingerprint density at radius 2 is 1.72 bits per heavy atom. The third-order valence-electron chi connectivity index (χ3n) is 5.22. The number of anilines is 2. The molecule has 0 spiro atoms. The van der Waals surface area contributed by atoms with Gasteiger partial charge in [0, 0.05) is 41.8 Å². The monoisotopic (exact) mass is 492 g/mol. The number of aryl methyl sites for hydroxylation is 1. The summed E-state index contributed by atoms with van der Waals surface area (Å²) in [5.74, 6) is -1.39. The van der Waals surface area contributed by atoms with Crippen molar-refractivity contribution in [3.05, 3.63) is 82.1 Å². The third-order valence-corrected chi connectivity index (χ3v) is 5.71. The molecule has 1 saturated heterocycles. The first-order valence-electron chi connectivity index (χ1n) is 9.89. The summed E-state index contributed by atoms with van der Waals surface area (Å²) < 4.78 is 2.70. The van der Waals surface area contributed by atoms with Crippen molar-refractivity contribution < 1.29 is 14.4 Å². The minimum absolute atomic E-state index is 0.114. The highest BCUT2D eigenvalue weighted by Gasteiger charge is 2.37. The van der Waals surface area contributed by atoms with E-state index in [1.54, 1.807) is 31.2 Å². The molecule has 1 aliphatic heterocycles. The smallest absolute Gasteiger partial charge is 0.335 e. The number of benzene rings is 2. The number of carbonyl (C=O) groups excluding carboxylic acids is 3. The van der Waals surface area contributed by atoms with E-state index in [9.17, 15) is 14.4 Å². The van der Waals surface area contributed by atoms with E-state index in [1.807, 2.05) is 60.1 Å². The largest absolute Gasteiger partial charge is 0.378 e. The predicted octanol–water partition coefficient (Wildman–Crippen LogP) is 4.28. The van der Waals surface area contributed by atoms with Crippen molar-refractivity contribution in [1.82, 2.24) is 9.88 Å². The Hall–Kier alpha value is -3.65. The highest BCUT2D eigenvalue weighted by molar-refractivity contribution is 9.10. The van der Waals surface area contributed by atoms with E-state index in [-0.39, 0.29) is 5.57 Å². The van der Waals surface area contributed by atoms with Crippen LogP contribution < -0.4 is 15.1 Å². The summed E-state index contributed by atoms with van der Waals surface area (Å²) in [6, 6.07) is 16.0. The van der Waals surface area contributed by atoms with Crippen molar-refractivity contribution in [3.63, 3.8) is 0 Å². The Morgan fingerprint density at radius 3 is 2.38 bits per heavy atom. The summed E-state index contributed by atoms with van der Waals surface area (Å²) in [5, 5.41) is 2.27. The van der Waals surface area contributed by atoms with Gasteiger partial charge in [0.2, 0.25) is 0 Å². The molecule has 1 aromatic heterocycles. The number of nitrogens with zero attached hydrogens (tertiary/aromatic N) is 3. The third kappa shape index (κ3) is 3.97. The first-order chi connectivity index (χ1) is 15.3. The Labute approximate surface area is 194 Å². The number of urea groups is 1. The lowest BCUT2D eigenvalue weighted by Crippen LogP contribution is -2.54. The molecule has 2 aromatic carbocycles. The van der Waals surface area contributed by atoms with Gasteiger partial charge in [-0.1, -0.05) is 15.9 Å². The number of hydrogen-bond donors (Lipinski definition) is 1. The highest BCUT2D eigenvalue weighted by atomic mass is 79.9. The highest BCUT2D eigenvalue weighted by Crippen LogP contribution is 2.28. The molecule has 8 heteroatoms. The number of aromatic nitrogens is 1. The van der Waals surface area contributed by atoms with Gasteiger partial charge in [-0.2, -0.15) is 0 Å². The van der Waals surface area contributed by atoms with Crippen LogP contribution in [0.15, 0.2) is 70.8 Å². The van der Waals surface area contributed by atoms with E-state index in [4.69, 9.17) is 0 Å². The fourth-order valence-corrected chi connectivity index (χ4v) is 4.03. The Balaban J connectivity index is 1.73. The number of barbiturate groups is 1. The SMILES string of the molecule is Cc1cc(Br)ccc1N1C(=O)NC(=O)/C(=C\c2cccn2-c2ccc(N(C)C)cc2)C1=O. The fourth-order valence-electron chi connectivity index (χ4n) is 3.55. The minimum Gasteiger partial charge on any atom is -0.378 e. The molecule has 4 amide bonds. The fraction of sp³-hybridized carbons (Fsp3) is 0.125. The summed E-state index contributed by atoms with van der Waals surface area (Å²) in [6.07, 6.45) is 3.36. The second-order valence-electron chi connectivity index (χ2n) is 7.60. The number of imide groups is 2. The number of nitrogens with one attached hydrogen (secondary N) is 1. The van der Waals surface area contributed by atoms with Gasteiger partial charge >= 0.3 is 6.03 Å². The van der Waals surface area contributed by atoms with Crippen LogP contribution in [0, 0.1) is 6.92 Å². The summed E-state index contributed by atoms with van der Waals surface area (Å²) >= 11 is 3.38. The molecule has 1 fully saturated rings. The van der Waals surface area contributed by atoms with Crippen LogP contribution in [0.1, 0.15) is 11.3 Å². The number of hydrogen-bond acceptors (Lipinski definition) is 4. The second-order valence-corrected chi connectivity index (χ2v) is 8.52. The lowest BCUT2D eigenvalue weighted by atomic mass is 10.1. The van der Waals surface area contributed by atoms with Gasteiger partial charge in [0.25, 0.3) is 11.8 Å². The maximum atomic E-state index is 13.2. The molecule has 162 valence electrons. The van der Waals surface area contributed by atoms with Crippen LogP contribution in [0.4, 0.5) is 16.2 Å². The molecule has 0 unspecified atom stereocenters. The maximum Gasteiger partial charge on any atom is 0.335 e. The van der Waals surface area contributed by atoms with E-state index in [2.05, 4.69) is 21.2 Å². The van der Waals surface area contributed by atoms with Crippen molar-refractivity contribution in [2.75, 3.05) is 23.9 Å². The maximum absolute atomic E-state index is 13.2. The first-order valence-corrected chi connectivity index (χ1v) is 10.7. The van der Waals surface area contributed by atoms with Gasteiger partial charge in [0.15, 0.2) is 0 Å². The zero-order valence-corrected chi connectivity index (χ0v) is 19.4. The lowest BCUT2D eigenvalue weighted by Gasteiger charge is -2.27. The molecule has 0 atom stereocenters. The Bertz CT molecular complexity index is 1260. The zero-order valence-electron chi connectivity index (χ0n) is 17.8.